The highest BCUT2D eigenvalue weighted by Gasteiger charge is 2.32. The number of aromatic nitrogens is 1. The molecule has 1 heterocycles. The normalized spacial score (nSPS) is 20.5. The fourth-order valence-electron chi connectivity index (χ4n) is 2.53. The first-order valence-electron chi connectivity index (χ1n) is 6.33. The highest BCUT2D eigenvalue weighted by molar-refractivity contribution is 6.33. The number of aliphatic hydroxyl groups excluding tert-OH is 1. The van der Waals surface area contributed by atoms with Gasteiger partial charge in [0.2, 0.25) is 0 Å². The Morgan fingerprint density at radius 1 is 1.35 bits per heavy atom. The highest BCUT2D eigenvalue weighted by atomic mass is 35.5. The zero-order chi connectivity index (χ0) is 14.1. The summed E-state index contributed by atoms with van der Waals surface area (Å²) >= 11 is 5.96. The summed E-state index contributed by atoms with van der Waals surface area (Å²) in [6.07, 6.45) is 2.87. The number of pyridine rings is 1. The number of hydrogen-bond donors (Lipinski definition) is 2. The smallest absolute Gasteiger partial charge is 0.253 e. The molecule has 2 aromatic rings. The van der Waals surface area contributed by atoms with Crippen molar-refractivity contribution >= 4 is 17.5 Å². The lowest BCUT2D eigenvalue weighted by Crippen LogP contribution is -2.34. The summed E-state index contributed by atoms with van der Waals surface area (Å²) in [5.41, 5.74) is 2.38. The third-order valence-corrected chi connectivity index (χ3v) is 3.81. The number of rotatable bonds is 2. The van der Waals surface area contributed by atoms with E-state index in [2.05, 4.69) is 10.3 Å². The van der Waals surface area contributed by atoms with Crippen molar-refractivity contribution in [2.75, 3.05) is 0 Å². The van der Waals surface area contributed by atoms with Crippen molar-refractivity contribution in [2.45, 2.75) is 18.6 Å². The van der Waals surface area contributed by atoms with Crippen molar-refractivity contribution in [3.05, 3.63) is 64.4 Å². The molecule has 1 aliphatic carbocycles. The van der Waals surface area contributed by atoms with E-state index in [4.69, 9.17) is 11.6 Å². The molecule has 0 saturated heterocycles. The summed E-state index contributed by atoms with van der Waals surface area (Å²) in [6, 6.07) is 8.87. The lowest BCUT2D eigenvalue weighted by molar-refractivity contribution is 0.0858. The Morgan fingerprint density at radius 2 is 2.15 bits per heavy atom. The SMILES string of the molecule is O=C(N[C@H]1c2ccccc2C[C@H]1O)c1ccncc1Cl. The van der Waals surface area contributed by atoms with Gasteiger partial charge in [0.05, 0.1) is 22.7 Å². The molecule has 0 saturated carbocycles. The van der Waals surface area contributed by atoms with Crippen LogP contribution in [0.1, 0.15) is 27.5 Å². The first-order chi connectivity index (χ1) is 9.66. The van der Waals surface area contributed by atoms with Crippen molar-refractivity contribution in [1.29, 1.82) is 0 Å². The first kappa shape index (κ1) is 13.1. The third kappa shape index (κ3) is 2.28. The van der Waals surface area contributed by atoms with Crippen LogP contribution >= 0.6 is 11.6 Å². The van der Waals surface area contributed by atoms with Gasteiger partial charge in [-0.15, -0.1) is 0 Å². The fourth-order valence-corrected chi connectivity index (χ4v) is 2.73. The van der Waals surface area contributed by atoms with E-state index < -0.39 is 12.1 Å². The van der Waals surface area contributed by atoms with Gasteiger partial charge in [0.25, 0.3) is 5.91 Å². The monoisotopic (exact) mass is 288 g/mol. The number of nitrogens with zero attached hydrogens (tertiary/aromatic N) is 1. The largest absolute Gasteiger partial charge is 0.390 e. The molecule has 1 aromatic heterocycles. The maximum absolute atomic E-state index is 12.2. The third-order valence-electron chi connectivity index (χ3n) is 3.51. The topological polar surface area (TPSA) is 62.2 Å². The second-order valence-electron chi connectivity index (χ2n) is 4.78. The number of nitrogens with one attached hydrogen (secondary N) is 1. The summed E-state index contributed by atoms with van der Waals surface area (Å²) in [7, 11) is 0. The Kier molecular flexibility index (Phi) is 3.42. The Hall–Kier alpha value is -1.91. The van der Waals surface area contributed by atoms with E-state index in [0.717, 1.165) is 11.1 Å². The highest BCUT2D eigenvalue weighted by Crippen LogP contribution is 2.31. The number of carbonyl (C=O) groups is 1. The van der Waals surface area contributed by atoms with E-state index in [1.54, 1.807) is 6.07 Å². The average molecular weight is 289 g/mol. The van der Waals surface area contributed by atoms with Gasteiger partial charge in [-0.25, -0.2) is 0 Å². The molecule has 1 aromatic carbocycles. The van der Waals surface area contributed by atoms with E-state index in [9.17, 15) is 9.90 Å². The van der Waals surface area contributed by atoms with Gasteiger partial charge in [-0.1, -0.05) is 35.9 Å². The van der Waals surface area contributed by atoms with Crippen LogP contribution in [0.25, 0.3) is 0 Å². The number of halogens is 1. The molecular formula is C15H13ClN2O2. The molecule has 1 aliphatic rings. The zero-order valence-corrected chi connectivity index (χ0v) is 11.3. The molecule has 20 heavy (non-hydrogen) atoms. The molecule has 2 N–H and O–H groups in total. The van der Waals surface area contributed by atoms with E-state index in [1.807, 2.05) is 24.3 Å². The van der Waals surface area contributed by atoms with Crippen LogP contribution in [0, 0.1) is 0 Å². The van der Waals surface area contributed by atoms with Crippen LogP contribution in [0.5, 0.6) is 0 Å². The molecule has 4 nitrogen and oxygen atoms in total. The van der Waals surface area contributed by atoms with Crippen LogP contribution in [-0.2, 0) is 6.42 Å². The van der Waals surface area contributed by atoms with Crippen LogP contribution in [0.15, 0.2) is 42.7 Å². The Labute approximate surface area is 121 Å². The maximum atomic E-state index is 12.2. The molecule has 0 unspecified atom stereocenters. The van der Waals surface area contributed by atoms with Gasteiger partial charge in [0.1, 0.15) is 0 Å². The van der Waals surface area contributed by atoms with Gasteiger partial charge in [0, 0.05) is 18.8 Å². The summed E-state index contributed by atoms with van der Waals surface area (Å²) in [5, 5.41) is 13.3. The molecule has 0 spiro atoms. The van der Waals surface area contributed by atoms with Gasteiger partial charge in [0.15, 0.2) is 0 Å². The summed E-state index contributed by atoms with van der Waals surface area (Å²) in [6.45, 7) is 0. The predicted molar refractivity (Wildman–Crippen MR) is 75.6 cm³/mol. The number of carbonyl (C=O) groups excluding carboxylic acids is 1. The summed E-state index contributed by atoms with van der Waals surface area (Å²) in [5.74, 6) is -0.307. The lowest BCUT2D eigenvalue weighted by Gasteiger charge is -2.18. The second kappa shape index (κ2) is 5.23. The minimum atomic E-state index is -0.614. The minimum absolute atomic E-state index is 0.297. The molecule has 3 rings (SSSR count). The van der Waals surface area contributed by atoms with Crippen molar-refractivity contribution in [3.63, 3.8) is 0 Å². The van der Waals surface area contributed by atoms with E-state index in [1.165, 1.54) is 12.4 Å². The Balaban J connectivity index is 1.85. The predicted octanol–water partition coefficient (Wildman–Crippen LogP) is 2.12. The van der Waals surface area contributed by atoms with E-state index in [0.29, 0.717) is 17.0 Å². The zero-order valence-electron chi connectivity index (χ0n) is 10.6. The molecule has 0 radical (unpaired) electrons. The van der Waals surface area contributed by atoms with Crippen molar-refractivity contribution < 1.29 is 9.90 Å². The molecule has 5 heteroatoms. The summed E-state index contributed by atoms with van der Waals surface area (Å²) in [4.78, 5) is 16.1. The molecule has 102 valence electrons. The molecule has 1 amide bonds. The summed E-state index contributed by atoms with van der Waals surface area (Å²) < 4.78 is 0. The van der Waals surface area contributed by atoms with Crippen LogP contribution in [-0.4, -0.2) is 22.1 Å². The number of benzene rings is 1. The van der Waals surface area contributed by atoms with Gasteiger partial charge >= 0.3 is 0 Å². The van der Waals surface area contributed by atoms with Crippen molar-refractivity contribution in [1.82, 2.24) is 10.3 Å². The Bertz CT molecular complexity index is 660. The average Bonchev–Trinajstić information content (AvgIpc) is 2.76. The number of hydrogen-bond acceptors (Lipinski definition) is 3. The van der Waals surface area contributed by atoms with Crippen molar-refractivity contribution in [3.8, 4) is 0 Å². The number of aliphatic hydroxyl groups is 1. The Morgan fingerprint density at radius 3 is 2.95 bits per heavy atom. The molecule has 0 bridgehead atoms. The van der Waals surface area contributed by atoms with Gasteiger partial charge in [-0.2, -0.15) is 0 Å². The molecular weight excluding hydrogens is 276 g/mol. The molecule has 0 aliphatic heterocycles. The quantitative estimate of drug-likeness (QED) is 0.890. The first-order valence-corrected chi connectivity index (χ1v) is 6.71. The number of fused-ring (bicyclic) bond motifs is 1. The van der Waals surface area contributed by atoms with E-state index in [-0.39, 0.29) is 5.91 Å². The van der Waals surface area contributed by atoms with Crippen LogP contribution in [0.3, 0.4) is 0 Å². The van der Waals surface area contributed by atoms with Crippen LogP contribution in [0.4, 0.5) is 0 Å². The van der Waals surface area contributed by atoms with Crippen LogP contribution < -0.4 is 5.32 Å². The van der Waals surface area contributed by atoms with Gasteiger partial charge in [-0.05, 0) is 17.2 Å². The van der Waals surface area contributed by atoms with Crippen molar-refractivity contribution in [2.24, 2.45) is 0 Å². The molecule has 0 fully saturated rings. The van der Waals surface area contributed by atoms with E-state index >= 15 is 0 Å². The molecule has 2 atom stereocenters. The van der Waals surface area contributed by atoms with Crippen LogP contribution in [0.2, 0.25) is 5.02 Å². The standard InChI is InChI=1S/C15H13ClN2O2/c16-12-8-17-6-5-11(12)15(20)18-14-10-4-2-1-3-9(10)7-13(14)19/h1-6,8,13-14,19H,7H2,(H,18,20)/t13-,14+/m1/s1. The second-order valence-corrected chi connectivity index (χ2v) is 5.18. The lowest BCUT2D eigenvalue weighted by atomic mass is 10.1. The minimum Gasteiger partial charge on any atom is -0.390 e. The van der Waals surface area contributed by atoms with Gasteiger partial charge < -0.3 is 10.4 Å². The number of amides is 1. The van der Waals surface area contributed by atoms with Gasteiger partial charge in [-0.3, -0.25) is 9.78 Å². The maximum Gasteiger partial charge on any atom is 0.253 e. The fraction of sp³-hybridized carbons (Fsp3) is 0.200.